The van der Waals surface area contributed by atoms with E-state index in [-0.39, 0.29) is 30.4 Å². The Hall–Kier alpha value is -1.61. The minimum atomic E-state index is 0.0729. The number of benzene rings is 1. The fourth-order valence-corrected chi connectivity index (χ4v) is 2.81. The van der Waals surface area contributed by atoms with Crippen molar-refractivity contribution in [3.05, 3.63) is 47.5 Å². The van der Waals surface area contributed by atoms with Gasteiger partial charge in [-0.15, -0.1) is 0 Å². The quantitative estimate of drug-likeness (QED) is 0.810. The summed E-state index contributed by atoms with van der Waals surface area (Å²) in [6.07, 6.45) is 5.27. The normalized spacial score (nSPS) is 22.8. The fraction of sp³-hybridized carbons (Fsp3) is 0.471. The van der Waals surface area contributed by atoms with Gasteiger partial charge in [-0.25, -0.2) is 0 Å². The number of rotatable bonds is 5. The first-order chi connectivity index (χ1) is 9.60. The molecule has 0 saturated carbocycles. The molecule has 0 heterocycles. The van der Waals surface area contributed by atoms with Crippen molar-refractivity contribution in [2.45, 2.75) is 38.6 Å². The smallest absolute Gasteiger partial charge is 0.221 e. The van der Waals surface area contributed by atoms with Gasteiger partial charge in [-0.05, 0) is 30.4 Å². The summed E-state index contributed by atoms with van der Waals surface area (Å²) in [4.78, 5) is 12.1. The van der Waals surface area contributed by atoms with Crippen LogP contribution in [0.4, 0.5) is 0 Å². The van der Waals surface area contributed by atoms with Crippen molar-refractivity contribution in [2.75, 3.05) is 6.61 Å². The molecule has 0 aliphatic heterocycles. The van der Waals surface area contributed by atoms with Gasteiger partial charge in [0.1, 0.15) is 0 Å². The van der Waals surface area contributed by atoms with Crippen LogP contribution in [0.5, 0.6) is 0 Å². The van der Waals surface area contributed by atoms with E-state index in [0.717, 1.165) is 6.42 Å². The Morgan fingerprint density at radius 1 is 1.40 bits per heavy atom. The first-order valence-corrected chi connectivity index (χ1v) is 7.24. The molecule has 1 aromatic carbocycles. The summed E-state index contributed by atoms with van der Waals surface area (Å²) in [6, 6.07) is 8.27. The molecular weight excluding hydrogens is 250 g/mol. The Kier molecular flexibility index (Phi) is 4.96. The van der Waals surface area contributed by atoms with Gasteiger partial charge in [-0.1, -0.05) is 43.3 Å². The highest BCUT2D eigenvalue weighted by Crippen LogP contribution is 2.23. The van der Waals surface area contributed by atoms with Crippen LogP contribution in [-0.2, 0) is 4.79 Å². The van der Waals surface area contributed by atoms with E-state index in [4.69, 9.17) is 5.11 Å². The molecule has 108 valence electrons. The molecule has 0 saturated heterocycles. The van der Waals surface area contributed by atoms with Crippen LogP contribution in [0.15, 0.2) is 36.4 Å². The summed E-state index contributed by atoms with van der Waals surface area (Å²) < 4.78 is 0. The fourth-order valence-electron chi connectivity index (χ4n) is 2.81. The van der Waals surface area contributed by atoms with Crippen LogP contribution in [0, 0.1) is 12.8 Å². The molecule has 1 aromatic rings. The first kappa shape index (κ1) is 14.8. The van der Waals surface area contributed by atoms with Crippen LogP contribution in [0.25, 0.3) is 0 Å². The van der Waals surface area contributed by atoms with Gasteiger partial charge in [0, 0.05) is 25.0 Å². The lowest BCUT2D eigenvalue weighted by atomic mass is 9.93. The number of carbonyl (C=O) groups is 1. The van der Waals surface area contributed by atoms with E-state index in [1.165, 1.54) is 11.1 Å². The number of amides is 1. The van der Waals surface area contributed by atoms with Gasteiger partial charge < -0.3 is 10.4 Å². The second-order valence-corrected chi connectivity index (χ2v) is 5.70. The third kappa shape index (κ3) is 3.70. The topological polar surface area (TPSA) is 49.3 Å². The standard InChI is InChI=1S/C17H23NO2/c1-12-5-3-4-6-16(12)13(2)9-17(20)18-15-8-7-14(10-15)11-19/h3-8,13-15,19H,9-11H2,1-2H3,(H,18,20)/t13?,14-,15+/m0/s1. The predicted molar refractivity (Wildman–Crippen MR) is 80.5 cm³/mol. The highest BCUT2D eigenvalue weighted by atomic mass is 16.3. The largest absolute Gasteiger partial charge is 0.396 e. The summed E-state index contributed by atoms with van der Waals surface area (Å²) in [6.45, 7) is 4.32. The second-order valence-electron chi connectivity index (χ2n) is 5.70. The number of hydrogen-bond donors (Lipinski definition) is 2. The van der Waals surface area contributed by atoms with Crippen LogP contribution in [0.1, 0.15) is 36.8 Å². The lowest BCUT2D eigenvalue weighted by Crippen LogP contribution is -2.33. The van der Waals surface area contributed by atoms with Gasteiger partial charge in [0.2, 0.25) is 5.91 Å². The second kappa shape index (κ2) is 6.71. The monoisotopic (exact) mass is 273 g/mol. The molecule has 3 heteroatoms. The van der Waals surface area contributed by atoms with Crippen LogP contribution < -0.4 is 5.32 Å². The van der Waals surface area contributed by atoms with E-state index < -0.39 is 0 Å². The number of nitrogens with one attached hydrogen (secondary N) is 1. The molecule has 3 atom stereocenters. The Morgan fingerprint density at radius 3 is 2.80 bits per heavy atom. The summed E-state index contributed by atoms with van der Waals surface area (Å²) in [7, 11) is 0. The molecule has 0 fully saturated rings. The Labute approximate surface area is 120 Å². The van der Waals surface area contributed by atoms with Crippen molar-refractivity contribution in [2.24, 2.45) is 5.92 Å². The zero-order valence-electron chi connectivity index (χ0n) is 12.2. The highest BCUT2D eigenvalue weighted by molar-refractivity contribution is 5.77. The van der Waals surface area contributed by atoms with E-state index in [0.29, 0.717) is 6.42 Å². The van der Waals surface area contributed by atoms with Crippen LogP contribution in [-0.4, -0.2) is 23.7 Å². The Morgan fingerprint density at radius 2 is 2.15 bits per heavy atom. The van der Waals surface area contributed by atoms with Crippen molar-refractivity contribution in [3.63, 3.8) is 0 Å². The molecule has 1 aliphatic carbocycles. The van der Waals surface area contributed by atoms with E-state index in [2.05, 4.69) is 31.3 Å². The number of aryl methyl sites for hydroxylation is 1. The number of carbonyl (C=O) groups excluding carboxylic acids is 1. The molecule has 0 radical (unpaired) electrons. The summed E-state index contributed by atoms with van der Waals surface area (Å²) in [5.41, 5.74) is 2.46. The number of hydrogen-bond acceptors (Lipinski definition) is 2. The van der Waals surface area contributed by atoms with E-state index in [1.807, 2.05) is 24.3 Å². The van der Waals surface area contributed by atoms with Gasteiger partial charge in [0.05, 0.1) is 0 Å². The van der Waals surface area contributed by atoms with E-state index in [9.17, 15) is 4.79 Å². The lowest BCUT2D eigenvalue weighted by molar-refractivity contribution is -0.121. The van der Waals surface area contributed by atoms with Gasteiger partial charge in [0.15, 0.2) is 0 Å². The molecule has 1 amide bonds. The average molecular weight is 273 g/mol. The Balaban J connectivity index is 1.86. The molecule has 0 bridgehead atoms. The molecule has 2 rings (SSSR count). The maximum atomic E-state index is 12.1. The molecule has 0 spiro atoms. The summed E-state index contributed by atoms with van der Waals surface area (Å²) in [5.74, 6) is 0.485. The van der Waals surface area contributed by atoms with Crippen LogP contribution in [0.2, 0.25) is 0 Å². The van der Waals surface area contributed by atoms with E-state index >= 15 is 0 Å². The highest BCUT2D eigenvalue weighted by Gasteiger charge is 2.21. The summed E-state index contributed by atoms with van der Waals surface area (Å²) >= 11 is 0. The van der Waals surface area contributed by atoms with Crippen molar-refractivity contribution in [3.8, 4) is 0 Å². The molecule has 3 nitrogen and oxygen atoms in total. The molecular formula is C17H23NO2. The first-order valence-electron chi connectivity index (χ1n) is 7.24. The average Bonchev–Trinajstić information content (AvgIpc) is 2.86. The predicted octanol–water partition coefficient (Wildman–Crippen LogP) is 2.54. The molecule has 1 unspecified atom stereocenters. The van der Waals surface area contributed by atoms with Crippen molar-refractivity contribution in [1.82, 2.24) is 5.32 Å². The maximum absolute atomic E-state index is 12.1. The van der Waals surface area contributed by atoms with Crippen molar-refractivity contribution < 1.29 is 9.90 Å². The third-order valence-corrected chi connectivity index (χ3v) is 3.96. The third-order valence-electron chi connectivity index (χ3n) is 3.96. The van der Waals surface area contributed by atoms with Gasteiger partial charge in [0.25, 0.3) is 0 Å². The minimum absolute atomic E-state index is 0.0729. The summed E-state index contributed by atoms with van der Waals surface area (Å²) in [5, 5.41) is 12.1. The van der Waals surface area contributed by atoms with Crippen LogP contribution >= 0.6 is 0 Å². The minimum Gasteiger partial charge on any atom is -0.396 e. The molecule has 20 heavy (non-hydrogen) atoms. The van der Waals surface area contributed by atoms with Crippen LogP contribution in [0.3, 0.4) is 0 Å². The van der Waals surface area contributed by atoms with Crippen molar-refractivity contribution in [1.29, 1.82) is 0 Å². The zero-order chi connectivity index (χ0) is 14.5. The van der Waals surface area contributed by atoms with Gasteiger partial charge in [-0.3, -0.25) is 4.79 Å². The van der Waals surface area contributed by atoms with Gasteiger partial charge >= 0.3 is 0 Å². The zero-order valence-corrected chi connectivity index (χ0v) is 12.2. The van der Waals surface area contributed by atoms with E-state index in [1.54, 1.807) is 0 Å². The SMILES string of the molecule is Cc1ccccc1C(C)CC(=O)N[C@@H]1C=C[C@H](CO)C1. The molecule has 2 N–H and O–H groups in total. The number of aliphatic hydroxyl groups excluding tert-OH is 1. The Bertz CT molecular complexity index is 496. The number of aliphatic hydroxyl groups is 1. The maximum Gasteiger partial charge on any atom is 0.221 e. The molecule has 0 aromatic heterocycles. The van der Waals surface area contributed by atoms with Crippen molar-refractivity contribution >= 4 is 5.91 Å². The lowest BCUT2D eigenvalue weighted by Gasteiger charge is -2.17. The van der Waals surface area contributed by atoms with Gasteiger partial charge in [-0.2, -0.15) is 0 Å². The molecule has 1 aliphatic rings.